The Kier molecular flexibility index (Phi) is 7.79. The molecule has 0 aromatic heterocycles. The van der Waals surface area contributed by atoms with Gasteiger partial charge in [-0.25, -0.2) is 21.2 Å². The fourth-order valence-corrected chi connectivity index (χ4v) is 5.54. The van der Waals surface area contributed by atoms with Gasteiger partial charge in [0, 0.05) is 22.5 Å². The Morgan fingerprint density at radius 2 is 1.37 bits per heavy atom. The molecule has 0 fully saturated rings. The number of carbonyl (C=O) groups excluding carboxylic acids is 1. The summed E-state index contributed by atoms with van der Waals surface area (Å²) in [5, 5.41) is 2.68. The number of benzene rings is 4. The number of nitrogens with zero attached hydrogens (tertiary/aromatic N) is 1. The van der Waals surface area contributed by atoms with Crippen molar-refractivity contribution in [2.45, 2.75) is 11.4 Å². The van der Waals surface area contributed by atoms with Crippen LogP contribution in [0.15, 0.2) is 108 Å². The molecule has 4 aromatic rings. The van der Waals surface area contributed by atoms with Gasteiger partial charge in [0.2, 0.25) is 10.0 Å². The average molecular weight is 554 g/mol. The molecular weight excluding hydrogens is 529 g/mol. The predicted molar refractivity (Wildman–Crippen MR) is 146 cm³/mol. The van der Waals surface area contributed by atoms with Crippen molar-refractivity contribution in [3.8, 4) is 0 Å². The van der Waals surface area contributed by atoms with Crippen molar-refractivity contribution in [2.75, 3.05) is 20.6 Å². The molecule has 0 radical (unpaired) electrons. The predicted octanol–water partition coefficient (Wildman–Crippen LogP) is 4.85. The van der Waals surface area contributed by atoms with Crippen LogP contribution >= 0.6 is 0 Å². The average Bonchev–Trinajstić information content (AvgIpc) is 2.88. The van der Waals surface area contributed by atoms with Gasteiger partial charge in [0.15, 0.2) is 0 Å². The summed E-state index contributed by atoms with van der Waals surface area (Å²) in [5.41, 5.74) is 1.53. The number of halogens is 1. The Morgan fingerprint density at radius 1 is 0.763 bits per heavy atom. The lowest BCUT2D eigenvalue weighted by molar-refractivity contribution is 0.102. The van der Waals surface area contributed by atoms with Crippen molar-refractivity contribution < 1.29 is 26.0 Å². The Hall–Kier alpha value is -4.22. The molecular formula is C27H24FN3O5S2. The van der Waals surface area contributed by atoms with E-state index >= 15 is 0 Å². The fourth-order valence-electron chi connectivity index (χ4n) is 3.60. The van der Waals surface area contributed by atoms with Gasteiger partial charge in [-0.15, -0.1) is 0 Å². The van der Waals surface area contributed by atoms with Crippen molar-refractivity contribution in [3.05, 3.63) is 120 Å². The van der Waals surface area contributed by atoms with E-state index in [2.05, 4.69) is 10.0 Å². The normalized spacial score (nSPS) is 11.5. The molecule has 0 saturated heterocycles. The SMILES string of the molecule is CS(=O)(=O)N(Cc1ccccc1F)c1ccc(C(=O)Nc2ccc(S(=O)(=O)Nc3ccccc3)cc2)cc1. The van der Waals surface area contributed by atoms with E-state index in [9.17, 15) is 26.0 Å². The highest BCUT2D eigenvalue weighted by molar-refractivity contribution is 7.92. The molecule has 0 aliphatic rings. The van der Waals surface area contributed by atoms with Gasteiger partial charge >= 0.3 is 0 Å². The lowest BCUT2D eigenvalue weighted by atomic mass is 10.1. The van der Waals surface area contributed by atoms with Crippen molar-refractivity contribution >= 4 is 43.0 Å². The number of para-hydroxylation sites is 1. The van der Waals surface area contributed by atoms with Gasteiger partial charge in [0.1, 0.15) is 5.82 Å². The minimum atomic E-state index is -3.80. The van der Waals surface area contributed by atoms with Crippen LogP contribution in [0.2, 0.25) is 0 Å². The molecule has 8 nitrogen and oxygen atoms in total. The summed E-state index contributed by atoms with van der Waals surface area (Å²) in [7, 11) is -7.54. The first-order chi connectivity index (χ1) is 18.0. The second-order valence-electron chi connectivity index (χ2n) is 8.36. The molecule has 0 atom stereocenters. The summed E-state index contributed by atoms with van der Waals surface area (Å²) in [6.07, 6.45) is 1.02. The van der Waals surface area contributed by atoms with E-state index in [1.165, 1.54) is 66.7 Å². The number of sulfonamides is 2. The molecule has 4 aromatic carbocycles. The topological polar surface area (TPSA) is 113 Å². The van der Waals surface area contributed by atoms with Gasteiger partial charge in [-0.1, -0.05) is 36.4 Å². The molecule has 0 unspecified atom stereocenters. The monoisotopic (exact) mass is 553 g/mol. The van der Waals surface area contributed by atoms with Crippen LogP contribution in [0.1, 0.15) is 15.9 Å². The number of rotatable bonds is 9. The molecule has 4 rings (SSSR count). The number of anilines is 3. The number of hydrogen-bond acceptors (Lipinski definition) is 5. The van der Waals surface area contributed by atoms with E-state index in [-0.39, 0.29) is 28.3 Å². The third kappa shape index (κ3) is 6.55. The third-order valence-electron chi connectivity index (χ3n) is 5.54. The summed E-state index contributed by atoms with van der Waals surface area (Å²) in [6, 6.07) is 25.9. The van der Waals surface area contributed by atoms with Crippen LogP contribution in [-0.2, 0) is 26.6 Å². The van der Waals surface area contributed by atoms with E-state index in [0.29, 0.717) is 11.4 Å². The van der Waals surface area contributed by atoms with Crippen molar-refractivity contribution in [3.63, 3.8) is 0 Å². The van der Waals surface area contributed by atoms with E-state index < -0.39 is 31.8 Å². The van der Waals surface area contributed by atoms with Crippen LogP contribution in [0.4, 0.5) is 21.5 Å². The zero-order valence-electron chi connectivity index (χ0n) is 20.2. The maximum atomic E-state index is 14.1. The molecule has 11 heteroatoms. The van der Waals surface area contributed by atoms with Crippen LogP contribution in [-0.4, -0.2) is 29.0 Å². The molecule has 196 valence electrons. The summed E-state index contributed by atoms with van der Waals surface area (Å²) in [5.74, 6) is -0.999. The van der Waals surface area contributed by atoms with Gasteiger partial charge < -0.3 is 5.32 Å². The zero-order chi connectivity index (χ0) is 27.3. The van der Waals surface area contributed by atoms with E-state index in [0.717, 1.165) is 10.6 Å². The summed E-state index contributed by atoms with van der Waals surface area (Å²) in [4.78, 5) is 12.8. The van der Waals surface area contributed by atoms with Gasteiger partial charge in [-0.05, 0) is 66.7 Å². The van der Waals surface area contributed by atoms with E-state index in [1.54, 1.807) is 36.4 Å². The highest BCUT2D eigenvalue weighted by Gasteiger charge is 2.20. The van der Waals surface area contributed by atoms with E-state index in [4.69, 9.17) is 0 Å². The Balaban J connectivity index is 1.45. The largest absolute Gasteiger partial charge is 0.322 e. The number of hydrogen-bond donors (Lipinski definition) is 2. The molecule has 1 amide bonds. The molecule has 0 saturated carbocycles. The summed E-state index contributed by atoms with van der Waals surface area (Å²) in [6.45, 7) is -0.203. The molecule has 0 spiro atoms. The lowest BCUT2D eigenvalue weighted by Crippen LogP contribution is -2.29. The van der Waals surface area contributed by atoms with Crippen molar-refractivity contribution in [1.29, 1.82) is 0 Å². The smallest absolute Gasteiger partial charge is 0.261 e. The number of nitrogens with one attached hydrogen (secondary N) is 2. The fraction of sp³-hybridized carbons (Fsp3) is 0.0741. The number of amides is 1. The van der Waals surface area contributed by atoms with Crippen molar-refractivity contribution in [1.82, 2.24) is 0 Å². The van der Waals surface area contributed by atoms with Crippen LogP contribution in [0.3, 0.4) is 0 Å². The lowest BCUT2D eigenvalue weighted by Gasteiger charge is -2.23. The molecule has 0 aliphatic carbocycles. The molecule has 0 bridgehead atoms. The quantitative estimate of drug-likeness (QED) is 0.308. The molecule has 0 heterocycles. The minimum absolute atomic E-state index is 0.0272. The molecule has 38 heavy (non-hydrogen) atoms. The first-order valence-electron chi connectivity index (χ1n) is 11.3. The second-order valence-corrected chi connectivity index (χ2v) is 11.9. The summed E-state index contributed by atoms with van der Waals surface area (Å²) < 4.78 is 67.6. The summed E-state index contributed by atoms with van der Waals surface area (Å²) >= 11 is 0. The van der Waals surface area contributed by atoms with Crippen LogP contribution < -0.4 is 14.3 Å². The first kappa shape index (κ1) is 26.8. The van der Waals surface area contributed by atoms with Gasteiger partial charge in [-0.2, -0.15) is 0 Å². The highest BCUT2D eigenvalue weighted by Crippen LogP contribution is 2.23. The maximum absolute atomic E-state index is 14.1. The second kappa shape index (κ2) is 11.0. The number of carbonyl (C=O) groups is 1. The first-order valence-corrected chi connectivity index (χ1v) is 14.7. The Labute approximate surface area is 220 Å². The van der Waals surface area contributed by atoms with Gasteiger partial charge in [-0.3, -0.25) is 13.8 Å². The van der Waals surface area contributed by atoms with Crippen molar-refractivity contribution in [2.24, 2.45) is 0 Å². The van der Waals surface area contributed by atoms with Crippen LogP contribution in [0.25, 0.3) is 0 Å². The highest BCUT2D eigenvalue weighted by atomic mass is 32.2. The Bertz CT molecular complexity index is 1640. The standard InChI is InChI=1S/C27H24FN3O5S2/c1-37(33,34)31(19-21-7-5-6-10-26(21)28)24-15-11-20(12-16-24)27(32)29-22-13-17-25(18-14-22)38(35,36)30-23-8-3-2-4-9-23/h2-18,30H,19H2,1H3,(H,29,32). The molecule has 0 aliphatic heterocycles. The van der Waals surface area contributed by atoms with Crippen LogP contribution in [0.5, 0.6) is 0 Å². The van der Waals surface area contributed by atoms with Crippen LogP contribution in [0, 0.1) is 5.82 Å². The molecule has 2 N–H and O–H groups in total. The maximum Gasteiger partial charge on any atom is 0.261 e. The van der Waals surface area contributed by atoms with E-state index in [1.807, 2.05) is 0 Å². The third-order valence-corrected chi connectivity index (χ3v) is 8.08. The van der Waals surface area contributed by atoms with Gasteiger partial charge in [0.05, 0.1) is 23.4 Å². The Morgan fingerprint density at radius 3 is 1.97 bits per heavy atom. The minimum Gasteiger partial charge on any atom is -0.322 e. The zero-order valence-corrected chi connectivity index (χ0v) is 21.8. The van der Waals surface area contributed by atoms with Gasteiger partial charge in [0.25, 0.3) is 15.9 Å².